The molecule has 1 heterocycles. The third-order valence-corrected chi connectivity index (χ3v) is 1.87. The molecule has 1 heteroatoms. The molecule has 0 aromatic heterocycles. The molecule has 0 aromatic rings. The smallest absolute Gasteiger partial charge is 0.126 e. The topological polar surface area (TPSA) is 9.23 Å². The van der Waals surface area contributed by atoms with E-state index in [9.17, 15) is 0 Å². The van der Waals surface area contributed by atoms with Crippen molar-refractivity contribution >= 4 is 0 Å². The highest BCUT2D eigenvalue weighted by molar-refractivity contribution is 5.16. The summed E-state index contributed by atoms with van der Waals surface area (Å²) in [6, 6.07) is 0. The second-order valence-corrected chi connectivity index (χ2v) is 2.60. The molecule has 0 fully saturated rings. The van der Waals surface area contributed by atoms with Crippen LogP contribution in [-0.4, -0.2) is 6.10 Å². The van der Waals surface area contributed by atoms with E-state index in [-0.39, 0.29) is 6.10 Å². The van der Waals surface area contributed by atoms with Gasteiger partial charge in [-0.05, 0) is 18.6 Å². The van der Waals surface area contributed by atoms with Crippen LogP contribution in [0.15, 0.2) is 36.6 Å². The Bertz CT molecular complexity index is 201. The average molecular weight is 164 g/mol. The summed E-state index contributed by atoms with van der Waals surface area (Å²) in [5, 5.41) is 0. The van der Waals surface area contributed by atoms with Crippen LogP contribution < -0.4 is 0 Å². The minimum atomic E-state index is 0.277. The Morgan fingerprint density at radius 1 is 1.08 bits per heavy atom. The number of allylic oxidation sites excluding steroid dienone is 2. The highest BCUT2D eigenvalue weighted by atomic mass is 16.5. The lowest BCUT2D eigenvalue weighted by Crippen LogP contribution is -2.09. The largest absolute Gasteiger partial charge is 0.493 e. The van der Waals surface area contributed by atoms with E-state index in [1.807, 2.05) is 13.8 Å². The van der Waals surface area contributed by atoms with E-state index in [1.165, 1.54) is 0 Å². The minimum absolute atomic E-state index is 0.277. The van der Waals surface area contributed by atoms with Gasteiger partial charge in [0.25, 0.3) is 0 Å². The van der Waals surface area contributed by atoms with E-state index in [1.54, 1.807) is 6.26 Å². The van der Waals surface area contributed by atoms with Crippen molar-refractivity contribution in [1.29, 1.82) is 0 Å². The summed E-state index contributed by atoms with van der Waals surface area (Å²) in [5.41, 5.74) is 0. The van der Waals surface area contributed by atoms with Gasteiger partial charge in [-0.15, -0.1) is 0 Å². The van der Waals surface area contributed by atoms with E-state index in [4.69, 9.17) is 4.74 Å². The third kappa shape index (κ3) is 2.00. The number of hydrogen-bond donors (Lipinski definition) is 0. The van der Waals surface area contributed by atoms with Crippen molar-refractivity contribution in [2.24, 2.45) is 5.92 Å². The van der Waals surface area contributed by atoms with Gasteiger partial charge in [-0.25, -0.2) is 0 Å². The summed E-state index contributed by atoms with van der Waals surface area (Å²) in [5.74, 6) is 0.485. The highest BCUT2D eigenvalue weighted by Crippen LogP contribution is 2.22. The fourth-order valence-electron chi connectivity index (χ4n) is 1.30. The standard InChI is InChI=1S/C9H10O.C2H6/c1-2-4-8-6-7-10-9(8)5-3-1;1-2/h2-9H,1H2;1-2H3/t8?,9-;/m1./s1. The molecule has 0 amide bonds. The van der Waals surface area contributed by atoms with Crippen LogP contribution in [0.4, 0.5) is 0 Å². The van der Waals surface area contributed by atoms with Crippen molar-refractivity contribution in [3.8, 4) is 0 Å². The van der Waals surface area contributed by atoms with Gasteiger partial charge < -0.3 is 4.74 Å². The molecular formula is C11H16O. The predicted molar refractivity (Wildman–Crippen MR) is 51.7 cm³/mol. The maximum Gasteiger partial charge on any atom is 0.126 e. The summed E-state index contributed by atoms with van der Waals surface area (Å²) < 4.78 is 5.32. The second-order valence-electron chi connectivity index (χ2n) is 2.60. The molecule has 0 bridgehead atoms. The van der Waals surface area contributed by atoms with E-state index in [2.05, 4.69) is 30.4 Å². The zero-order valence-electron chi connectivity index (χ0n) is 7.73. The molecule has 0 spiro atoms. The molecule has 2 aliphatic rings. The van der Waals surface area contributed by atoms with Gasteiger partial charge in [0.05, 0.1) is 6.26 Å². The van der Waals surface area contributed by atoms with Crippen LogP contribution >= 0.6 is 0 Å². The van der Waals surface area contributed by atoms with Crippen molar-refractivity contribution in [2.45, 2.75) is 26.4 Å². The zero-order valence-corrected chi connectivity index (χ0v) is 7.73. The van der Waals surface area contributed by atoms with Crippen LogP contribution in [-0.2, 0) is 4.74 Å². The quantitative estimate of drug-likeness (QED) is 0.500. The van der Waals surface area contributed by atoms with Crippen LogP contribution in [0.5, 0.6) is 0 Å². The summed E-state index contributed by atoms with van der Waals surface area (Å²) >= 11 is 0. The summed E-state index contributed by atoms with van der Waals surface area (Å²) in [7, 11) is 0. The Labute approximate surface area is 74.4 Å². The normalized spacial score (nSPS) is 29.8. The van der Waals surface area contributed by atoms with E-state index < -0.39 is 0 Å². The van der Waals surface area contributed by atoms with Crippen LogP contribution in [0.3, 0.4) is 0 Å². The Kier molecular flexibility index (Phi) is 3.65. The molecule has 0 saturated heterocycles. The van der Waals surface area contributed by atoms with E-state index in [0.717, 1.165) is 6.42 Å². The SMILES string of the molecule is C1=CC2C=CO[C@@H]2C=CC1.CC. The molecule has 0 aromatic carbocycles. The average Bonchev–Trinajstić information content (AvgIpc) is 2.46. The lowest BCUT2D eigenvalue weighted by molar-refractivity contribution is 0.194. The van der Waals surface area contributed by atoms with Crippen molar-refractivity contribution in [1.82, 2.24) is 0 Å². The van der Waals surface area contributed by atoms with Crippen LogP contribution in [0, 0.1) is 5.92 Å². The maximum atomic E-state index is 5.32. The summed E-state index contributed by atoms with van der Waals surface area (Å²) in [6.07, 6.45) is 13.9. The van der Waals surface area contributed by atoms with Gasteiger partial charge in [-0.1, -0.05) is 32.1 Å². The van der Waals surface area contributed by atoms with Crippen molar-refractivity contribution < 1.29 is 4.74 Å². The first-order valence-electron chi connectivity index (χ1n) is 4.62. The molecule has 2 atom stereocenters. The first-order valence-corrected chi connectivity index (χ1v) is 4.62. The second kappa shape index (κ2) is 4.81. The first kappa shape index (κ1) is 9.11. The molecule has 0 saturated carbocycles. The van der Waals surface area contributed by atoms with E-state index in [0.29, 0.717) is 5.92 Å². The number of hydrogen-bond acceptors (Lipinski definition) is 1. The molecule has 12 heavy (non-hydrogen) atoms. The van der Waals surface area contributed by atoms with Crippen LogP contribution in [0.25, 0.3) is 0 Å². The molecule has 0 radical (unpaired) electrons. The van der Waals surface area contributed by atoms with Gasteiger partial charge in [0.2, 0.25) is 0 Å². The van der Waals surface area contributed by atoms with E-state index >= 15 is 0 Å². The summed E-state index contributed by atoms with van der Waals surface area (Å²) in [4.78, 5) is 0. The Hall–Kier alpha value is -0.980. The Balaban J connectivity index is 0.000000336. The predicted octanol–water partition coefficient (Wildman–Crippen LogP) is 3.06. The highest BCUT2D eigenvalue weighted by Gasteiger charge is 2.19. The molecule has 0 N–H and O–H groups in total. The van der Waals surface area contributed by atoms with Gasteiger partial charge >= 0.3 is 0 Å². The first-order chi connectivity index (χ1) is 5.97. The van der Waals surface area contributed by atoms with Crippen molar-refractivity contribution in [3.05, 3.63) is 36.6 Å². The molecule has 1 aliphatic carbocycles. The van der Waals surface area contributed by atoms with Crippen LogP contribution in [0.1, 0.15) is 20.3 Å². The molecule has 2 rings (SSSR count). The maximum absolute atomic E-state index is 5.32. The molecular weight excluding hydrogens is 148 g/mol. The van der Waals surface area contributed by atoms with Gasteiger partial charge in [-0.3, -0.25) is 0 Å². The monoisotopic (exact) mass is 164 g/mol. The van der Waals surface area contributed by atoms with Crippen molar-refractivity contribution in [3.63, 3.8) is 0 Å². The molecule has 1 unspecified atom stereocenters. The van der Waals surface area contributed by atoms with Gasteiger partial charge in [0.15, 0.2) is 0 Å². The van der Waals surface area contributed by atoms with Gasteiger partial charge in [0, 0.05) is 5.92 Å². The Morgan fingerprint density at radius 3 is 2.67 bits per heavy atom. The number of rotatable bonds is 0. The Morgan fingerprint density at radius 2 is 1.83 bits per heavy atom. The number of ether oxygens (including phenoxy) is 1. The lowest BCUT2D eigenvalue weighted by Gasteiger charge is -2.08. The number of fused-ring (bicyclic) bond motifs is 1. The van der Waals surface area contributed by atoms with Crippen molar-refractivity contribution in [2.75, 3.05) is 0 Å². The third-order valence-electron chi connectivity index (χ3n) is 1.87. The fraction of sp³-hybridized carbons (Fsp3) is 0.455. The minimum Gasteiger partial charge on any atom is -0.493 e. The molecule has 66 valence electrons. The molecule has 1 aliphatic heterocycles. The molecule has 1 nitrogen and oxygen atoms in total. The zero-order chi connectivity index (χ0) is 8.81. The van der Waals surface area contributed by atoms with Gasteiger partial charge in [0.1, 0.15) is 6.10 Å². The van der Waals surface area contributed by atoms with Crippen LogP contribution in [0.2, 0.25) is 0 Å². The van der Waals surface area contributed by atoms with Gasteiger partial charge in [-0.2, -0.15) is 0 Å². The fourth-order valence-corrected chi connectivity index (χ4v) is 1.30. The lowest BCUT2D eigenvalue weighted by atomic mass is 10.1. The summed E-state index contributed by atoms with van der Waals surface area (Å²) in [6.45, 7) is 4.00.